The topological polar surface area (TPSA) is 89.0 Å². The van der Waals surface area contributed by atoms with Gasteiger partial charge in [0.05, 0.1) is 28.3 Å². The number of thioether (sulfide) groups is 1. The monoisotopic (exact) mass is 335 g/mol. The van der Waals surface area contributed by atoms with E-state index in [-0.39, 0.29) is 22.2 Å². The first-order valence-corrected chi connectivity index (χ1v) is 9.27. The Morgan fingerprint density at radius 2 is 2.25 bits per heavy atom. The zero-order valence-corrected chi connectivity index (χ0v) is 13.4. The van der Waals surface area contributed by atoms with Crippen molar-refractivity contribution >= 4 is 39.1 Å². The summed E-state index contributed by atoms with van der Waals surface area (Å²) in [5.41, 5.74) is -0.708. The Kier molecular flexibility index (Phi) is 4.27. The molecule has 0 aromatic carbocycles. The SMILES string of the molecule is CSc1ncc(Cl)c(C(=O)N[C@]2(C)CCS(=O)(=O)C2)n1. The van der Waals surface area contributed by atoms with Gasteiger partial charge in [0.15, 0.2) is 20.7 Å². The molecule has 1 atom stereocenters. The van der Waals surface area contributed by atoms with Crippen molar-refractivity contribution in [1.29, 1.82) is 0 Å². The van der Waals surface area contributed by atoms with Gasteiger partial charge in [0.25, 0.3) is 5.91 Å². The molecular formula is C11H14ClN3O3S2. The molecule has 1 aromatic rings. The molecule has 9 heteroatoms. The van der Waals surface area contributed by atoms with Gasteiger partial charge in [-0.05, 0) is 19.6 Å². The lowest BCUT2D eigenvalue weighted by atomic mass is 10.0. The normalized spacial score (nSPS) is 24.6. The number of nitrogens with zero attached hydrogens (tertiary/aromatic N) is 2. The number of hydrogen-bond donors (Lipinski definition) is 1. The second kappa shape index (κ2) is 5.50. The molecule has 0 spiro atoms. The van der Waals surface area contributed by atoms with Crippen LogP contribution in [0.15, 0.2) is 11.4 Å². The van der Waals surface area contributed by atoms with Crippen molar-refractivity contribution < 1.29 is 13.2 Å². The predicted octanol–water partition coefficient (Wildman–Crippen LogP) is 1.16. The smallest absolute Gasteiger partial charge is 0.272 e. The van der Waals surface area contributed by atoms with Crippen LogP contribution in [0, 0.1) is 0 Å². The third-order valence-corrected chi connectivity index (χ3v) is 5.78. The second-order valence-electron chi connectivity index (χ2n) is 4.91. The highest BCUT2D eigenvalue weighted by Crippen LogP contribution is 2.24. The molecule has 1 fully saturated rings. The Hall–Kier alpha value is -0.860. The van der Waals surface area contributed by atoms with Crippen LogP contribution in [0.2, 0.25) is 5.02 Å². The van der Waals surface area contributed by atoms with Crippen LogP contribution < -0.4 is 5.32 Å². The standard InChI is InChI=1S/C11H14ClN3O3S2/c1-11(3-4-20(17,18)6-11)15-9(16)8-7(12)5-13-10(14-8)19-2/h5H,3-4,6H2,1-2H3,(H,15,16)/t11-/m1/s1. The van der Waals surface area contributed by atoms with E-state index in [1.54, 1.807) is 13.2 Å². The van der Waals surface area contributed by atoms with Crippen molar-refractivity contribution in [3.05, 3.63) is 16.9 Å². The second-order valence-corrected chi connectivity index (χ2v) is 8.27. The van der Waals surface area contributed by atoms with Gasteiger partial charge in [-0.2, -0.15) is 0 Å². The molecule has 110 valence electrons. The Labute approximate surface area is 126 Å². The average Bonchev–Trinajstić information content (AvgIpc) is 2.63. The lowest BCUT2D eigenvalue weighted by Gasteiger charge is -2.23. The van der Waals surface area contributed by atoms with Crippen molar-refractivity contribution in [2.45, 2.75) is 24.0 Å². The van der Waals surface area contributed by atoms with Crippen LogP contribution in [0.4, 0.5) is 0 Å². The molecule has 0 unspecified atom stereocenters. The Morgan fingerprint density at radius 1 is 1.55 bits per heavy atom. The summed E-state index contributed by atoms with van der Waals surface area (Å²) in [5.74, 6) is -0.464. The van der Waals surface area contributed by atoms with Crippen LogP contribution in [0.1, 0.15) is 23.8 Å². The molecule has 1 N–H and O–H groups in total. The molecule has 0 radical (unpaired) electrons. The molecule has 0 bridgehead atoms. The number of carbonyl (C=O) groups is 1. The number of rotatable bonds is 3. The zero-order chi connectivity index (χ0) is 15.0. The van der Waals surface area contributed by atoms with E-state index in [9.17, 15) is 13.2 Å². The van der Waals surface area contributed by atoms with E-state index in [0.29, 0.717) is 11.6 Å². The molecule has 1 aromatic heterocycles. The van der Waals surface area contributed by atoms with Crippen LogP contribution in [0.5, 0.6) is 0 Å². The largest absolute Gasteiger partial charge is 0.344 e. The van der Waals surface area contributed by atoms with Crippen molar-refractivity contribution in [1.82, 2.24) is 15.3 Å². The number of halogens is 1. The quantitative estimate of drug-likeness (QED) is 0.658. The average molecular weight is 336 g/mol. The number of amides is 1. The van der Waals surface area contributed by atoms with Crippen molar-refractivity contribution in [3.63, 3.8) is 0 Å². The highest BCUT2D eigenvalue weighted by atomic mass is 35.5. The minimum absolute atomic E-state index is 0.0656. The van der Waals surface area contributed by atoms with Crippen molar-refractivity contribution in [2.24, 2.45) is 0 Å². The number of carbonyl (C=O) groups excluding carboxylic acids is 1. The molecule has 1 saturated heterocycles. The van der Waals surface area contributed by atoms with E-state index in [1.165, 1.54) is 18.0 Å². The predicted molar refractivity (Wildman–Crippen MR) is 78.0 cm³/mol. The summed E-state index contributed by atoms with van der Waals surface area (Å²) in [4.78, 5) is 20.2. The molecule has 2 heterocycles. The van der Waals surface area contributed by atoms with Gasteiger partial charge in [0.2, 0.25) is 0 Å². The summed E-state index contributed by atoms with van der Waals surface area (Å²) in [7, 11) is -3.09. The summed E-state index contributed by atoms with van der Waals surface area (Å²) in [6, 6.07) is 0. The fourth-order valence-electron chi connectivity index (χ4n) is 2.05. The Balaban J connectivity index is 2.21. The molecule has 1 aliphatic rings. The highest BCUT2D eigenvalue weighted by molar-refractivity contribution is 7.98. The number of aromatic nitrogens is 2. The van der Waals surface area contributed by atoms with E-state index in [1.807, 2.05) is 0 Å². The molecule has 1 amide bonds. The van der Waals surface area contributed by atoms with Crippen LogP contribution in [0.3, 0.4) is 0 Å². The van der Waals surface area contributed by atoms with E-state index in [4.69, 9.17) is 11.6 Å². The Morgan fingerprint density at radius 3 is 2.80 bits per heavy atom. The van der Waals surface area contributed by atoms with Crippen LogP contribution >= 0.6 is 23.4 Å². The molecular weight excluding hydrogens is 322 g/mol. The first kappa shape index (κ1) is 15.5. The molecule has 20 heavy (non-hydrogen) atoms. The minimum Gasteiger partial charge on any atom is -0.344 e. The van der Waals surface area contributed by atoms with Gasteiger partial charge in [0.1, 0.15) is 0 Å². The highest BCUT2D eigenvalue weighted by Gasteiger charge is 2.40. The first-order chi connectivity index (χ1) is 9.25. The third kappa shape index (κ3) is 3.42. The summed E-state index contributed by atoms with van der Waals surface area (Å²) in [6.07, 6.45) is 3.54. The number of nitrogens with one attached hydrogen (secondary N) is 1. The fourth-order valence-corrected chi connectivity index (χ4v) is 4.66. The molecule has 1 aliphatic heterocycles. The maximum absolute atomic E-state index is 12.2. The maximum atomic E-state index is 12.2. The van der Waals surface area contributed by atoms with E-state index in [0.717, 1.165) is 0 Å². The van der Waals surface area contributed by atoms with Gasteiger partial charge in [-0.3, -0.25) is 4.79 Å². The van der Waals surface area contributed by atoms with Gasteiger partial charge in [-0.15, -0.1) is 0 Å². The maximum Gasteiger partial charge on any atom is 0.272 e. The van der Waals surface area contributed by atoms with E-state index in [2.05, 4.69) is 15.3 Å². The van der Waals surface area contributed by atoms with Crippen LogP contribution in [-0.4, -0.2) is 47.6 Å². The lowest BCUT2D eigenvalue weighted by Crippen LogP contribution is -2.47. The molecule has 2 rings (SSSR count). The van der Waals surface area contributed by atoms with E-state index >= 15 is 0 Å². The summed E-state index contributed by atoms with van der Waals surface area (Å²) in [6.45, 7) is 1.71. The summed E-state index contributed by atoms with van der Waals surface area (Å²) in [5, 5.41) is 3.29. The fraction of sp³-hybridized carbons (Fsp3) is 0.545. The van der Waals surface area contributed by atoms with Gasteiger partial charge in [-0.1, -0.05) is 23.4 Å². The van der Waals surface area contributed by atoms with Crippen molar-refractivity contribution in [2.75, 3.05) is 17.8 Å². The van der Waals surface area contributed by atoms with Crippen LogP contribution in [-0.2, 0) is 9.84 Å². The third-order valence-electron chi connectivity index (χ3n) is 3.04. The first-order valence-electron chi connectivity index (χ1n) is 5.84. The van der Waals surface area contributed by atoms with Gasteiger partial charge >= 0.3 is 0 Å². The Bertz CT molecular complexity index is 650. The molecule has 6 nitrogen and oxygen atoms in total. The lowest BCUT2D eigenvalue weighted by molar-refractivity contribution is 0.0909. The minimum atomic E-state index is -3.09. The zero-order valence-electron chi connectivity index (χ0n) is 11.0. The number of sulfone groups is 1. The molecule has 0 saturated carbocycles. The number of hydrogen-bond acceptors (Lipinski definition) is 6. The van der Waals surface area contributed by atoms with Gasteiger partial charge in [0, 0.05) is 0 Å². The van der Waals surface area contributed by atoms with Crippen molar-refractivity contribution in [3.8, 4) is 0 Å². The molecule has 0 aliphatic carbocycles. The van der Waals surface area contributed by atoms with Crippen LogP contribution in [0.25, 0.3) is 0 Å². The summed E-state index contributed by atoms with van der Waals surface area (Å²) < 4.78 is 23.1. The van der Waals surface area contributed by atoms with E-state index < -0.39 is 21.3 Å². The summed E-state index contributed by atoms with van der Waals surface area (Å²) >= 11 is 7.22. The van der Waals surface area contributed by atoms with Gasteiger partial charge in [-0.25, -0.2) is 18.4 Å². The van der Waals surface area contributed by atoms with Gasteiger partial charge < -0.3 is 5.32 Å².